The highest BCUT2D eigenvalue weighted by Gasteiger charge is 2.27. The van der Waals surface area contributed by atoms with Crippen LogP contribution in [0.5, 0.6) is 0 Å². The van der Waals surface area contributed by atoms with E-state index in [0.717, 1.165) is 5.56 Å². The Morgan fingerprint density at radius 1 is 0.893 bits per heavy atom. The van der Waals surface area contributed by atoms with Gasteiger partial charge < -0.3 is 20.7 Å². The first-order chi connectivity index (χ1) is 12.8. The Hall–Kier alpha value is -2.57. The van der Waals surface area contributed by atoms with Gasteiger partial charge in [-0.25, -0.2) is 4.79 Å². The lowest BCUT2D eigenvalue weighted by Gasteiger charge is -2.29. The van der Waals surface area contributed by atoms with Gasteiger partial charge in [-0.1, -0.05) is 30.3 Å². The Bertz CT molecular complexity index is 681. The molecule has 156 valence electrons. The van der Waals surface area contributed by atoms with E-state index in [0.29, 0.717) is 6.42 Å². The molecule has 0 bridgehead atoms. The molecule has 0 fully saturated rings. The van der Waals surface area contributed by atoms with Crippen molar-refractivity contribution in [3.8, 4) is 0 Å². The van der Waals surface area contributed by atoms with Crippen molar-refractivity contribution in [2.75, 3.05) is 0 Å². The number of ether oxygens (including phenoxy) is 1. The monoisotopic (exact) mass is 391 g/mol. The molecule has 2 atom stereocenters. The Morgan fingerprint density at radius 3 is 1.96 bits per heavy atom. The summed E-state index contributed by atoms with van der Waals surface area (Å²) >= 11 is 0. The van der Waals surface area contributed by atoms with E-state index >= 15 is 0 Å². The molecular weight excluding hydrogens is 358 g/mol. The molecule has 7 nitrogen and oxygen atoms in total. The van der Waals surface area contributed by atoms with Crippen LogP contribution in [0.1, 0.15) is 54.0 Å². The predicted octanol–water partition coefficient (Wildman–Crippen LogP) is 2.54. The second-order valence-corrected chi connectivity index (χ2v) is 8.63. The van der Waals surface area contributed by atoms with Gasteiger partial charge in [-0.05, 0) is 60.5 Å². The van der Waals surface area contributed by atoms with Crippen molar-refractivity contribution in [3.05, 3.63) is 35.9 Å². The fourth-order valence-electron chi connectivity index (χ4n) is 2.55. The standard InChI is InChI=1S/C21H33N3O4/c1-14(23-19(27)28-20(3,4)5)17(25)22-15(2)18(26)24-21(6,7)13-16-11-9-8-10-12-16/h8-12,14-15H,13H2,1-7H3,(H,22,25)(H,23,27)(H,24,26). The molecule has 0 aliphatic rings. The molecule has 7 heteroatoms. The summed E-state index contributed by atoms with van der Waals surface area (Å²) in [4.78, 5) is 36.5. The zero-order valence-corrected chi connectivity index (χ0v) is 17.9. The topological polar surface area (TPSA) is 96.5 Å². The molecule has 0 aromatic heterocycles. The van der Waals surface area contributed by atoms with Crippen molar-refractivity contribution in [1.29, 1.82) is 0 Å². The minimum atomic E-state index is -0.831. The molecule has 0 aliphatic carbocycles. The summed E-state index contributed by atoms with van der Waals surface area (Å²) in [5.74, 6) is -0.756. The molecule has 2 unspecified atom stereocenters. The van der Waals surface area contributed by atoms with Crippen LogP contribution in [0.15, 0.2) is 30.3 Å². The zero-order chi connectivity index (χ0) is 21.5. The normalized spacial score (nSPS) is 13.8. The molecule has 0 saturated carbocycles. The molecule has 1 rings (SSSR count). The number of benzene rings is 1. The van der Waals surface area contributed by atoms with Crippen LogP contribution in [0.4, 0.5) is 4.79 Å². The second kappa shape index (κ2) is 9.57. The van der Waals surface area contributed by atoms with Crippen molar-refractivity contribution in [2.45, 2.75) is 78.1 Å². The van der Waals surface area contributed by atoms with Crippen molar-refractivity contribution in [3.63, 3.8) is 0 Å². The Kier molecular flexibility index (Phi) is 8.02. The highest BCUT2D eigenvalue weighted by atomic mass is 16.6. The number of alkyl carbamates (subject to hydrolysis) is 1. The average Bonchev–Trinajstić information content (AvgIpc) is 2.52. The fourth-order valence-corrected chi connectivity index (χ4v) is 2.55. The number of nitrogens with one attached hydrogen (secondary N) is 3. The van der Waals surface area contributed by atoms with E-state index in [1.807, 2.05) is 44.2 Å². The lowest BCUT2D eigenvalue weighted by atomic mass is 9.94. The van der Waals surface area contributed by atoms with E-state index < -0.39 is 35.2 Å². The van der Waals surface area contributed by atoms with Crippen LogP contribution < -0.4 is 16.0 Å². The van der Waals surface area contributed by atoms with Crippen LogP contribution in [0.3, 0.4) is 0 Å². The lowest BCUT2D eigenvalue weighted by Crippen LogP contribution is -2.55. The van der Waals surface area contributed by atoms with Gasteiger partial charge in [-0.2, -0.15) is 0 Å². The van der Waals surface area contributed by atoms with Crippen LogP contribution in [0.25, 0.3) is 0 Å². The van der Waals surface area contributed by atoms with Crippen LogP contribution in [0, 0.1) is 0 Å². The molecule has 0 saturated heterocycles. The summed E-state index contributed by atoms with van der Waals surface area (Å²) in [5.41, 5.74) is -0.0186. The van der Waals surface area contributed by atoms with E-state index in [9.17, 15) is 14.4 Å². The van der Waals surface area contributed by atoms with Crippen molar-refractivity contribution < 1.29 is 19.1 Å². The molecule has 1 aromatic rings. The van der Waals surface area contributed by atoms with Gasteiger partial charge in [0.15, 0.2) is 0 Å². The summed E-state index contributed by atoms with van der Waals surface area (Å²) in [6, 6.07) is 8.28. The van der Waals surface area contributed by atoms with Crippen molar-refractivity contribution in [1.82, 2.24) is 16.0 Å². The van der Waals surface area contributed by atoms with Gasteiger partial charge in [0.05, 0.1) is 0 Å². The number of rotatable bonds is 7. The molecule has 3 amide bonds. The maximum atomic E-state index is 12.5. The first kappa shape index (κ1) is 23.5. The molecule has 3 N–H and O–H groups in total. The summed E-state index contributed by atoms with van der Waals surface area (Å²) < 4.78 is 5.12. The average molecular weight is 392 g/mol. The van der Waals surface area contributed by atoms with Gasteiger partial charge in [0, 0.05) is 5.54 Å². The van der Waals surface area contributed by atoms with E-state index in [4.69, 9.17) is 4.74 Å². The van der Waals surface area contributed by atoms with Gasteiger partial charge in [0.2, 0.25) is 11.8 Å². The number of carbonyl (C=O) groups is 3. The molecule has 0 heterocycles. The second-order valence-electron chi connectivity index (χ2n) is 8.63. The minimum absolute atomic E-state index is 0.293. The van der Waals surface area contributed by atoms with Crippen LogP contribution >= 0.6 is 0 Å². The molecular formula is C21H33N3O4. The van der Waals surface area contributed by atoms with Gasteiger partial charge in [0.25, 0.3) is 0 Å². The van der Waals surface area contributed by atoms with Crippen molar-refractivity contribution in [2.24, 2.45) is 0 Å². The predicted molar refractivity (Wildman–Crippen MR) is 109 cm³/mol. The maximum Gasteiger partial charge on any atom is 0.408 e. The van der Waals surface area contributed by atoms with Crippen LogP contribution in [0.2, 0.25) is 0 Å². The SMILES string of the molecule is CC(NC(=O)OC(C)(C)C)C(=O)NC(C)C(=O)NC(C)(C)Cc1ccccc1. The summed E-state index contributed by atoms with van der Waals surface area (Å²) in [6.07, 6.45) is -0.0205. The van der Waals surface area contributed by atoms with Crippen molar-refractivity contribution >= 4 is 17.9 Å². The Labute approximate surface area is 167 Å². The van der Waals surface area contributed by atoms with E-state index in [-0.39, 0.29) is 5.91 Å². The number of hydrogen-bond donors (Lipinski definition) is 3. The third kappa shape index (κ3) is 8.88. The molecule has 28 heavy (non-hydrogen) atoms. The molecule has 1 aromatic carbocycles. The van der Waals surface area contributed by atoms with Gasteiger partial charge >= 0.3 is 6.09 Å². The Balaban J connectivity index is 2.54. The van der Waals surface area contributed by atoms with Crippen LogP contribution in [-0.4, -0.2) is 41.1 Å². The third-order valence-electron chi connectivity index (χ3n) is 3.83. The lowest BCUT2D eigenvalue weighted by molar-refractivity contribution is -0.130. The highest BCUT2D eigenvalue weighted by Crippen LogP contribution is 2.12. The van der Waals surface area contributed by atoms with E-state index in [2.05, 4.69) is 16.0 Å². The molecule has 0 radical (unpaired) electrons. The Morgan fingerprint density at radius 2 is 1.43 bits per heavy atom. The summed E-state index contributed by atoms with van der Waals surface area (Å²) in [6.45, 7) is 12.2. The van der Waals surface area contributed by atoms with E-state index in [1.54, 1.807) is 27.7 Å². The number of carbonyl (C=O) groups excluding carboxylic acids is 3. The van der Waals surface area contributed by atoms with Gasteiger partial charge in [0.1, 0.15) is 17.7 Å². The first-order valence-electron chi connectivity index (χ1n) is 9.45. The van der Waals surface area contributed by atoms with Crippen LogP contribution in [-0.2, 0) is 20.7 Å². The number of hydrogen-bond acceptors (Lipinski definition) is 4. The summed E-state index contributed by atoms with van der Waals surface area (Å²) in [5, 5.41) is 8.02. The smallest absolute Gasteiger partial charge is 0.408 e. The number of amides is 3. The maximum absolute atomic E-state index is 12.5. The highest BCUT2D eigenvalue weighted by molar-refractivity contribution is 5.91. The van der Waals surface area contributed by atoms with Gasteiger partial charge in [-0.15, -0.1) is 0 Å². The first-order valence-corrected chi connectivity index (χ1v) is 9.45. The molecule has 0 spiro atoms. The van der Waals surface area contributed by atoms with E-state index in [1.165, 1.54) is 6.92 Å². The largest absolute Gasteiger partial charge is 0.444 e. The fraction of sp³-hybridized carbons (Fsp3) is 0.571. The molecule has 0 aliphatic heterocycles. The zero-order valence-electron chi connectivity index (χ0n) is 17.9. The quantitative estimate of drug-likeness (QED) is 0.665. The minimum Gasteiger partial charge on any atom is -0.444 e. The third-order valence-corrected chi connectivity index (χ3v) is 3.83. The summed E-state index contributed by atoms with van der Waals surface area (Å²) in [7, 11) is 0. The van der Waals surface area contributed by atoms with Gasteiger partial charge in [-0.3, -0.25) is 9.59 Å².